The van der Waals surface area contributed by atoms with Gasteiger partial charge in [0.1, 0.15) is 11.6 Å². The minimum absolute atomic E-state index is 0.00727. The molecule has 40 heavy (non-hydrogen) atoms. The fourth-order valence-electron chi connectivity index (χ4n) is 7.49. The zero-order valence-corrected chi connectivity index (χ0v) is 24.4. The third kappa shape index (κ3) is 4.79. The summed E-state index contributed by atoms with van der Waals surface area (Å²) in [7, 11) is 0. The molecule has 3 heterocycles. The number of aliphatic hydroxyl groups excluding tert-OH is 1. The second-order valence-corrected chi connectivity index (χ2v) is 11.9. The van der Waals surface area contributed by atoms with Gasteiger partial charge in [-0.2, -0.15) is 0 Å². The van der Waals surface area contributed by atoms with Crippen LogP contribution in [-0.4, -0.2) is 87.1 Å². The molecule has 2 bridgehead atoms. The second kappa shape index (κ2) is 11.9. The summed E-state index contributed by atoms with van der Waals surface area (Å²) in [5.74, 6) is -2.29. The molecule has 1 aromatic rings. The maximum atomic E-state index is 14.4. The fourth-order valence-corrected chi connectivity index (χ4v) is 7.49. The van der Waals surface area contributed by atoms with E-state index in [-0.39, 0.29) is 42.8 Å². The summed E-state index contributed by atoms with van der Waals surface area (Å²) in [5, 5.41) is 9.95. The molecule has 4 unspecified atom stereocenters. The van der Waals surface area contributed by atoms with Crippen LogP contribution in [0.3, 0.4) is 0 Å². The molecule has 8 heteroatoms. The smallest absolute Gasteiger partial charge is 0.248 e. The van der Waals surface area contributed by atoms with E-state index in [1.165, 1.54) is 4.90 Å². The van der Waals surface area contributed by atoms with E-state index in [1.807, 2.05) is 51.1 Å². The second-order valence-electron chi connectivity index (χ2n) is 11.9. The third-order valence-corrected chi connectivity index (χ3v) is 9.38. The van der Waals surface area contributed by atoms with Gasteiger partial charge in [0.25, 0.3) is 0 Å². The van der Waals surface area contributed by atoms with Gasteiger partial charge in [0.05, 0.1) is 24.0 Å². The summed E-state index contributed by atoms with van der Waals surface area (Å²) in [6, 6.07) is 8.76. The molecular weight excluding hydrogens is 506 g/mol. The van der Waals surface area contributed by atoms with Crippen LogP contribution in [0, 0.1) is 17.8 Å². The molecule has 1 spiro atoms. The molecule has 3 aliphatic heterocycles. The zero-order chi connectivity index (χ0) is 29.2. The van der Waals surface area contributed by atoms with E-state index in [4.69, 9.17) is 4.74 Å². The Labute approximate surface area is 238 Å². The molecule has 3 fully saturated rings. The number of carbonyl (C=O) groups excluding carboxylic acids is 3. The Morgan fingerprint density at radius 1 is 1.20 bits per heavy atom. The van der Waals surface area contributed by atoms with Crippen molar-refractivity contribution in [1.29, 1.82) is 0 Å². The first kappa shape index (κ1) is 30.0. The molecule has 0 radical (unpaired) electrons. The van der Waals surface area contributed by atoms with Crippen molar-refractivity contribution >= 4 is 17.7 Å². The van der Waals surface area contributed by atoms with Gasteiger partial charge in [0, 0.05) is 32.2 Å². The third-order valence-electron chi connectivity index (χ3n) is 9.38. The minimum atomic E-state index is -1.14. The van der Waals surface area contributed by atoms with E-state index >= 15 is 0 Å². The van der Waals surface area contributed by atoms with E-state index < -0.39 is 29.1 Å². The molecule has 3 aliphatic rings. The minimum Gasteiger partial charge on any atom is -0.395 e. The molecule has 1 N–H and O–H groups in total. The Morgan fingerprint density at radius 3 is 2.48 bits per heavy atom. The lowest BCUT2D eigenvalue weighted by molar-refractivity contribution is -0.156. The highest BCUT2D eigenvalue weighted by atomic mass is 16.5. The monoisotopic (exact) mass is 551 g/mol. The normalized spacial score (nSPS) is 31.1. The summed E-state index contributed by atoms with van der Waals surface area (Å²) in [6.45, 7) is 16.5. The van der Waals surface area contributed by atoms with Crippen LogP contribution in [0.15, 0.2) is 55.6 Å². The van der Waals surface area contributed by atoms with E-state index in [1.54, 1.807) is 22.0 Å². The quantitative estimate of drug-likeness (QED) is 0.380. The van der Waals surface area contributed by atoms with Crippen molar-refractivity contribution in [3.05, 3.63) is 61.2 Å². The molecule has 218 valence electrons. The number of hydrogen-bond donors (Lipinski definition) is 1. The Hall–Kier alpha value is -2.97. The number of nitrogens with zero attached hydrogens (tertiary/aromatic N) is 3. The molecule has 0 aromatic heterocycles. The van der Waals surface area contributed by atoms with Crippen LogP contribution in [0.1, 0.15) is 52.5 Å². The lowest BCUT2D eigenvalue weighted by atomic mass is 9.62. The van der Waals surface area contributed by atoms with Gasteiger partial charge in [-0.25, -0.2) is 0 Å². The molecule has 3 amide bonds. The van der Waals surface area contributed by atoms with Gasteiger partial charge in [-0.15, -0.1) is 13.2 Å². The van der Waals surface area contributed by atoms with Crippen LogP contribution in [0.25, 0.3) is 0 Å². The molecule has 7 atom stereocenters. The summed E-state index contributed by atoms with van der Waals surface area (Å²) >= 11 is 0. The van der Waals surface area contributed by atoms with Gasteiger partial charge in [0.2, 0.25) is 17.7 Å². The van der Waals surface area contributed by atoms with Crippen molar-refractivity contribution in [2.45, 2.75) is 76.8 Å². The van der Waals surface area contributed by atoms with Gasteiger partial charge < -0.3 is 24.5 Å². The highest BCUT2D eigenvalue weighted by molar-refractivity contribution is 5.99. The van der Waals surface area contributed by atoms with Crippen molar-refractivity contribution in [2.75, 3.05) is 26.2 Å². The van der Waals surface area contributed by atoms with Crippen molar-refractivity contribution in [1.82, 2.24) is 14.7 Å². The van der Waals surface area contributed by atoms with Crippen LogP contribution in [0.5, 0.6) is 0 Å². The lowest BCUT2D eigenvalue weighted by Gasteiger charge is -2.39. The number of amides is 3. The molecular formula is C32H45N3O5. The summed E-state index contributed by atoms with van der Waals surface area (Å²) in [4.78, 5) is 48.0. The Balaban J connectivity index is 1.77. The molecule has 4 rings (SSSR count). The number of carbonyl (C=O) groups is 3. The highest BCUT2D eigenvalue weighted by Crippen LogP contribution is 2.65. The molecule has 8 nitrogen and oxygen atoms in total. The largest absolute Gasteiger partial charge is 0.395 e. The predicted octanol–water partition coefficient (Wildman–Crippen LogP) is 3.41. The molecule has 0 saturated carbocycles. The Kier molecular flexibility index (Phi) is 8.90. The van der Waals surface area contributed by atoms with Crippen LogP contribution in [0.2, 0.25) is 0 Å². The van der Waals surface area contributed by atoms with Gasteiger partial charge in [0.15, 0.2) is 0 Å². The summed E-state index contributed by atoms with van der Waals surface area (Å²) < 4.78 is 6.85. The number of aliphatic hydroxyl groups is 1. The lowest BCUT2D eigenvalue weighted by Crippen LogP contribution is -2.58. The zero-order valence-electron chi connectivity index (χ0n) is 24.4. The van der Waals surface area contributed by atoms with E-state index in [9.17, 15) is 19.5 Å². The first-order valence-corrected chi connectivity index (χ1v) is 14.6. The molecule has 0 aliphatic carbocycles. The van der Waals surface area contributed by atoms with Crippen molar-refractivity contribution in [2.24, 2.45) is 17.8 Å². The average molecular weight is 552 g/mol. The summed E-state index contributed by atoms with van der Waals surface area (Å²) in [6.07, 6.45) is 5.60. The fraction of sp³-hybridized carbons (Fsp3) is 0.594. The highest BCUT2D eigenvalue weighted by Gasteiger charge is 2.80. The number of hydrogen-bond acceptors (Lipinski definition) is 5. The number of likely N-dealkylation sites (tertiary alicyclic amines) is 1. The maximum absolute atomic E-state index is 14.4. The summed E-state index contributed by atoms with van der Waals surface area (Å²) in [5.41, 5.74) is -1.07. The van der Waals surface area contributed by atoms with Gasteiger partial charge >= 0.3 is 0 Å². The Bertz CT molecular complexity index is 1120. The first-order chi connectivity index (χ1) is 19.1. The number of ether oxygens (including phenoxy) is 1. The van der Waals surface area contributed by atoms with Gasteiger partial charge in [-0.1, -0.05) is 62.8 Å². The van der Waals surface area contributed by atoms with Crippen LogP contribution >= 0.6 is 0 Å². The van der Waals surface area contributed by atoms with Crippen LogP contribution in [-0.2, 0) is 25.7 Å². The molecule has 3 saturated heterocycles. The Morgan fingerprint density at radius 2 is 1.88 bits per heavy atom. The van der Waals surface area contributed by atoms with E-state index in [2.05, 4.69) is 20.1 Å². The SMILES string of the molecule is C=CCN(Cc1ccccc1)C(=O)[C@H]1[C@H]2C(=O)N(CCO)C(C(=O)N(CC=C)C(C)CCC)C23CC(C)[C@]1(C)O3. The van der Waals surface area contributed by atoms with Gasteiger partial charge in [-0.05, 0) is 38.2 Å². The average Bonchev–Trinajstić information content (AvgIpc) is 3.44. The van der Waals surface area contributed by atoms with Gasteiger partial charge in [-0.3, -0.25) is 14.4 Å². The van der Waals surface area contributed by atoms with Crippen molar-refractivity contribution < 1.29 is 24.2 Å². The van der Waals surface area contributed by atoms with E-state index in [0.717, 1.165) is 18.4 Å². The van der Waals surface area contributed by atoms with Crippen LogP contribution < -0.4 is 0 Å². The number of fused-ring (bicyclic) bond motifs is 1. The van der Waals surface area contributed by atoms with E-state index in [0.29, 0.717) is 26.1 Å². The van der Waals surface area contributed by atoms with Crippen LogP contribution in [0.4, 0.5) is 0 Å². The first-order valence-electron chi connectivity index (χ1n) is 14.6. The van der Waals surface area contributed by atoms with Crippen molar-refractivity contribution in [3.63, 3.8) is 0 Å². The number of benzene rings is 1. The maximum Gasteiger partial charge on any atom is 0.248 e. The molecule has 1 aromatic carbocycles. The number of β-amino-alcohol motifs (C(OH)–C–C–N with tert-alkyl or cyclic N) is 1. The van der Waals surface area contributed by atoms with Crippen molar-refractivity contribution in [3.8, 4) is 0 Å². The number of rotatable bonds is 13. The predicted molar refractivity (Wildman–Crippen MR) is 154 cm³/mol. The standard InChI is InChI=1S/C32H45N3O5/c1-7-13-23(5)34(17-9-3)30(39)27-32-20-22(4)31(6,40-32)25(26(32)29(38)35(27)18-19-36)28(37)33(16-8-2)21-24-14-11-10-12-15-24/h8-12,14-15,22-23,25-27,36H,2-3,7,13,16-21H2,1,4-6H3/t22?,23?,25-,26+,27?,31+,32?/m1/s1. The topological polar surface area (TPSA) is 90.4 Å².